The molecule has 0 aromatic carbocycles. The molecule has 0 spiro atoms. The summed E-state index contributed by atoms with van der Waals surface area (Å²) in [6.07, 6.45) is 5.88. The van der Waals surface area contributed by atoms with Crippen LogP contribution in [0.5, 0.6) is 0 Å². The van der Waals surface area contributed by atoms with Gasteiger partial charge in [-0.1, -0.05) is 6.42 Å². The molecule has 0 aromatic heterocycles. The van der Waals surface area contributed by atoms with Crippen molar-refractivity contribution < 1.29 is 14.3 Å². The zero-order valence-electron chi connectivity index (χ0n) is 12.1. The van der Waals surface area contributed by atoms with Gasteiger partial charge in [0, 0.05) is 20.0 Å². The third-order valence-corrected chi connectivity index (χ3v) is 4.67. The van der Waals surface area contributed by atoms with Crippen LogP contribution in [0, 0.1) is 17.8 Å². The van der Waals surface area contributed by atoms with Crippen LogP contribution in [0.4, 0.5) is 0 Å². The first-order valence-electron chi connectivity index (χ1n) is 7.49. The minimum Gasteiger partial charge on any atom is -0.466 e. The predicted molar refractivity (Wildman–Crippen MR) is 72.4 cm³/mol. The molecule has 4 heteroatoms. The van der Waals surface area contributed by atoms with Crippen LogP contribution >= 0.6 is 0 Å². The Hall–Kier alpha value is -1.06. The smallest absolute Gasteiger partial charge is 0.306 e. The molecule has 0 N–H and O–H groups in total. The van der Waals surface area contributed by atoms with E-state index in [-0.39, 0.29) is 24.7 Å². The molecule has 2 bridgehead atoms. The van der Waals surface area contributed by atoms with E-state index in [0.717, 1.165) is 18.4 Å². The molecular formula is C15H25NO3. The van der Waals surface area contributed by atoms with Crippen LogP contribution in [0.3, 0.4) is 0 Å². The van der Waals surface area contributed by atoms with E-state index in [4.69, 9.17) is 4.74 Å². The summed E-state index contributed by atoms with van der Waals surface area (Å²) in [4.78, 5) is 25.0. The fraction of sp³-hybridized carbons (Fsp3) is 0.867. The first-order chi connectivity index (χ1) is 9.10. The quantitative estimate of drug-likeness (QED) is 0.693. The molecule has 4 nitrogen and oxygen atoms in total. The molecule has 0 saturated heterocycles. The number of nitrogens with zero attached hydrogens (tertiary/aromatic N) is 1. The molecule has 2 saturated carbocycles. The van der Waals surface area contributed by atoms with Crippen molar-refractivity contribution in [2.24, 2.45) is 17.8 Å². The highest BCUT2D eigenvalue weighted by Gasteiger charge is 2.39. The largest absolute Gasteiger partial charge is 0.466 e. The SMILES string of the molecule is CCOC(=O)CCC(=O)N(C)CC1CC2CCC1C2. The predicted octanol–water partition coefficient (Wildman–Crippen LogP) is 2.22. The van der Waals surface area contributed by atoms with Crippen LogP contribution in [0.25, 0.3) is 0 Å². The maximum absolute atomic E-state index is 12.0. The molecule has 0 aliphatic heterocycles. The summed E-state index contributed by atoms with van der Waals surface area (Å²) in [5.41, 5.74) is 0. The third-order valence-electron chi connectivity index (χ3n) is 4.67. The van der Waals surface area contributed by atoms with E-state index in [1.54, 1.807) is 6.92 Å². The highest BCUT2D eigenvalue weighted by atomic mass is 16.5. The Balaban J connectivity index is 1.69. The van der Waals surface area contributed by atoms with Crippen LogP contribution < -0.4 is 0 Å². The van der Waals surface area contributed by atoms with Crippen LogP contribution in [0.15, 0.2) is 0 Å². The molecule has 3 atom stereocenters. The fourth-order valence-corrected chi connectivity index (χ4v) is 3.69. The summed E-state index contributed by atoms with van der Waals surface area (Å²) in [6, 6.07) is 0. The van der Waals surface area contributed by atoms with Crippen molar-refractivity contribution in [3.8, 4) is 0 Å². The van der Waals surface area contributed by atoms with Gasteiger partial charge in [0.05, 0.1) is 13.0 Å². The Labute approximate surface area is 115 Å². The molecule has 19 heavy (non-hydrogen) atoms. The highest BCUT2D eigenvalue weighted by Crippen LogP contribution is 2.48. The number of esters is 1. The average molecular weight is 267 g/mol. The van der Waals surface area contributed by atoms with Crippen molar-refractivity contribution in [3.63, 3.8) is 0 Å². The van der Waals surface area contributed by atoms with Gasteiger partial charge < -0.3 is 9.64 Å². The van der Waals surface area contributed by atoms with Gasteiger partial charge in [-0.05, 0) is 43.9 Å². The Bertz CT molecular complexity index is 342. The number of carbonyl (C=O) groups excluding carboxylic acids is 2. The van der Waals surface area contributed by atoms with Gasteiger partial charge in [-0.15, -0.1) is 0 Å². The zero-order valence-corrected chi connectivity index (χ0v) is 12.1. The van der Waals surface area contributed by atoms with Gasteiger partial charge in [0.15, 0.2) is 0 Å². The lowest BCUT2D eigenvalue weighted by Crippen LogP contribution is -2.34. The van der Waals surface area contributed by atoms with E-state index in [0.29, 0.717) is 12.5 Å². The van der Waals surface area contributed by atoms with E-state index in [1.807, 2.05) is 11.9 Å². The first-order valence-corrected chi connectivity index (χ1v) is 7.49. The summed E-state index contributed by atoms with van der Waals surface area (Å²) in [5.74, 6) is 2.23. The molecule has 2 aliphatic carbocycles. The first kappa shape index (κ1) is 14.4. The second-order valence-corrected chi connectivity index (χ2v) is 6.01. The summed E-state index contributed by atoms with van der Waals surface area (Å²) in [7, 11) is 1.86. The standard InChI is InChI=1S/C15H25NO3/c1-3-19-15(18)7-6-14(17)16(2)10-13-9-11-4-5-12(13)8-11/h11-13H,3-10H2,1-2H3. The van der Waals surface area contributed by atoms with Gasteiger partial charge in [0.2, 0.25) is 5.91 Å². The van der Waals surface area contributed by atoms with E-state index in [1.165, 1.54) is 25.7 Å². The van der Waals surface area contributed by atoms with Crippen molar-refractivity contribution in [2.75, 3.05) is 20.2 Å². The van der Waals surface area contributed by atoms with Crippen molar-refractivity contribution >= 4 is 11.9 Å². The topological polar surface area (TPSA) is 46.6 Å². The fourth-order valence-electron chi connectivity index (χ4n) is 3.69. The Kier molecular flexibility index (Phi) is 4.83. The number of carbonyl (C=O) groups is 2. The van der Waals surface area contributed by atoms with E-state index >= 15 is 0 Å². The third kappa shape index (κ3) is 3.71. The molecule has 108 valence electrons. The monoisotopic (exact) mass is 267 g/mol. The molecule has 2 rings (SSSR count). The lowest BCUT2D eigenvalue weighted by atomic mass is 9.88. The van der Waals surface area contributed by atoms with E-state index < -0.39 is 0 Å². The van der Waals surface area contributed by atoms with Crippen molar-refractivity contribution in [1.82, 2.24) is 4.90 Å². The lowest BCUT2D eigenvalue weighted by Gasteiger charge is -2.27. The second-order valence-electron chi connectivity index (χ2n) is 6.01. The molecule has 3 unspecified atom stereocenters. The van der Waals surface area contributed by atoms with Crippen LogP contribution in [0.2, 0.25) is 0 Å². The summed E-state index contributed by atoms with van der Waals surface area (Å²) in [6.45, 7) is 3.03. The summed E-state index contributed by atoms with van der Waals surface area (Å²) < 4.78 is 4.84. The van der Waals surface area contributed by atoms with Crippen LogP contribution in [0.1, 0.15) is 45.4 Å². The van der Waals surface area contributed by atoms with Crippen LogP contribution in [-0.4, -0.2) is 37.0 Å². The normalized spacial score (nSPS) is 28.4. The van der Waals surface area contributed by atoms with Gasteiger partial charge >= 0.3 is 5.97 Å². The zero-order chi connectivity index (χ0) is 13.8. The minimum atomic E-state index is -0.274. The van der Waals surface area contributed by atoms with Gasteiger partial charge in [-0.25, -0.2) is 0 Å². The minimum absolute atomic E-state index is 0.0656. The van der Waals surface area contributed by atoms with Gasteiger partial charge in [-0.3, -0.25) is 9.59 Å². The number of ether oxygens (including phenoxy) is 1. The highest BCUT2D eigenvalue weighted by molar-refractivity contribution is 5.81. The molecule has 0 aromatic rings. The number of fused-ring (bicyclic) bond motifs is 2. The van der Waals surface area contributed by atoms with Crippen LogP contribution in [-0.2, 0) is 14.3 Å². The number of hydrogen-bond acceptors (Lipinski definition) is 3. The molecule has 1 amide bonds. The molecule has 2 fully saturated rings. The van der Waals surface area contributed by atoms with Gasteiger partial charge in [-0.2, -0.15) is 0 Å². The van der Waals surface area contributed by atoms with E-state index in [9.17, 15) is 9.59 Å². The van der Waals surface area contributed by atoms with Crippen molar-refractivity contribution in [1.29, 1.82) is 0 Å². The molecular weight excluding hydrogens is 242 g/mol. The van der Waals surface area contributed by atoms with E-state index in [2.05, 4.69) is 0 Å². The number of hydrogen-bond donors (Lipinski definition) is 0. The van der Waals surface area contributed by atoms with Crippen molar-refractivity contribution in [2.45, 2.75) is 45.4 Å². The Morgan fingerprint density at radius 1 is 1.21 bits per heavy atom. The molecule has 2 aliphatic rings. The summed E-state index contributed by atoms with van der Waals surface area (Å²) in [5, 5.41) is 0. The molecule has 0 radical (unpaired) electrons. The average Bonchev–Trinajstić information content (AvgIpc) is 2.98. The number of amides is 1. The second kappa shape index (κ2) is 6.40. The van der Waals surface area contributed by atoms with Gasteiger partial charge in [0.1, 0.15) is 0 Å². The molecule has 0 heterocycles. The maximum Gasteiger partial charge on any atom is 0.306 e. The van der Waals surface area contributed by atoms with Gasteiger partial charge in [0.25, 0.3) is 0 Å². The maximum atomic E-state index is 12.0. The summed E-state index contributed by atoms with van der Waals surface area (Å²) >= 11 is 0. The Morgan fingerprint density at radius 2 is 2.00 bits per heavy atom. The number of rotatable bonds is 6. The lowest BCUT2D eigenvalue weighted by molar-refractivity contribution is -0.145. The Morgan fingerprint density at radius 3 is 2.58 bits per heavy atom. The van der Waals surface area contributed by atoms with Crippen molar-refractivity contribution in [3.05, 3.63) is 0 Å².